The van der Waals surface area contributed by atoms with Crippen molar-refractivity contribution in [3.05, 3.63) is 65.4 Å². The maximum atomic E-state index is 13.1. The van der Waals surface area contributed by atoms with E-state index in [9.17, 15) is 22.0 Å². The number of rotatable bonds is 2. The van der Waals surface area contributed by atoms with Crippen LogP contribution in [0.2, 0.25) is 0 Å². The highest BCUT2D eigenvalue weighted by atomic mass is 19.4. The van der Waals surface area contributed by atoms with Gasteiger partial charge >= 0.3 is 6.18 Å². The third kappa shape index (κ3) is 5.37. The maximum Gasteiger partial charge on any atom is 0.401 e. The SMILES string of the molecule is CC1Cc2c([nH]c3ccccc23)CN1CC(F)(F)F.Fc1cc(F)cc(N2CC3(CCNCC3)C2)c1. The number of anilines is 1. The highest BCUT2D eigenvalue weighted by molar-refractivity contribution is 5.84. The number of H-pyrrole nitrogens is 1. The Morgan fingerprint density at radius 3 is 2.33 bits per heavy atom. The van der Waals surface area contributed by atoms with E-state index in [2.05, 4.69) is 15.2 Å². The van der Waals surface area contributed by atoms with Gasteiger partial charge in [-0.25, -0.2) is 8.78 Å². The molecule has 2 N–H and O–H groups in total. The second kappa shape index (κ2) is 9.67. The van der Waals surface area contributed by atoms with E-state index in [1.807, 2.05) is 31.2 Å². The Kier molecular flexibility index (Phi) is 6.72. The van der Waals surface area contributed by atoms with Gasteiger partial charge in [-0.1, -0.05) is 18.2 Å². The summed E-state index contributed by atoms with van der Waals surface area (Å²) in [7, 11) is 0. The average Bonchev–Trinajstić information content (AvgIpc) is 3.14. The van der Waals surface area contributed by atoms with Crippen molar-refractivity contribution in [2.75, 3.05) is 37.6 Å². The van der Waals surface area contributed by atoms with Crippen molar-refractivity contribution in [1.82, 2.24) is 15.2 Å². The molecule has 36 heavy (non-hydrogen) atoms. The predicted molar refractivity (Wildman–Crippen MR) is 131 cm³/mol. The molecule has 1 aromatic heterocycles. The Labute approximate surface area is 207 Å². The van der Waals surface area contributed by atoms with Crippen molar-refractivity contribution >= 4 is 16.6 Å². The molecule has 0 amide bonds. The Morgan fingerprint density at radius 1 is 1.00 bits per heavy atom. The monoisotopic (exact) mass is 506 g/mol. The number of hydrogen-bond donors (Lipinski definition) is 2. The van der Waals surface area contributed by atoms with Gasteiger partial charge in [0.2, 0.25) is 0 Å². The van der Waals surface area contributed by atoms with Crippen molar-refractivity contribution < 1.29 is 22.0 Å². The van der Waals surface area contributed by atoms with Crippen molar-refractivity contribution in [2.45, 2.75) is 44.9 Å². The number of nitrogens with one attached hydrogen (secondary N) is 2. The lowest BCUT2D eigenvalue weighted by Gasteiger charge is -2.53. The third-order valence-electron chi connectivity index (χ3n) is 7.70. The molecule has 0 aliphatic carbocycles. The fraction of sp³-hybridized carbons (Fsp3) is 0.481. The normalized spacial score (nSPS) is 21.6. The summed E-state index contributed by atoms with van der Waals surface area (Å²) in [6.45, 7) is 5.33. The van der Waals surface area contributed by atoms with Crippen LogP contribution < -0.4 is 10.2 Å². The van der Waals surface area contributed by atoms with Gasteiger partial charge in [0.1, 0.15) is 11.6 Å². The number of piperidine rings is 1. The number of hydrogen-bond acceptors (Lipinski definition) is 3. The summed E-state index contributed by atoms with van der Waals surface area (Å²) in [6, 6.07) is 11.5. The van der Waals surface area contributed by atoms with Crippen LogP contribution in [0.5, 0.6) is 0 Å². The highest BCUT2D eigenvalue weighted by Crippen LogP contribution is 2.41. The van der Waals surface area contributed by atoms with Crippen LogP contribution in [0.25, 0.3) is 10.9 Å². The molecule has 4 heterocycles. The second-order valence-corrected chi connectivity index (χ2v) is 10.4. The summed E-state index contributed by atoms with van der Waals surface area (Å²) in [6.07, 6.45) is -1.14. The van der Waals surface area contributed by atoms with Gasteiger partial charge < -0.3 is 15.2 Å². The van der Waals surface area contributed by atoms with Gasteiger partial charge in [0, 0.05) is 59.4 Å². The Morgan fingerprint density at radius 2 is 1.67 bits per heavy atom. The van der Waals surface area contributed by atoms with Gasteiger partial charge in [-0.3, -0.25) is 4.90 Å². The first kappa shape index (κ1) is 25.0. The molecule has 2 fully saturated rings. The number of aromatic amines is 1. The van der Waals surface area contributed by atoms with Crippen LogP contribution in [0.15, 0.2) is 42.5 Å². The molecule has 2 saturated heterocycles. The minimum absolute atomic E-state index is 0.0895. The molecule has 9 heteroatoms. The van der Waals surface area contributed by atoms with E-state index in [0.29, 0.717) is 24.1 Å². The van der Waals surface area contributed by atoms with Crippen LogP contribution in [0.1, 0.15) is 31.0 Å². The van der Waals surface area contributed by atoms with Crippen molar-refractivity contribution in [3.8, 4) is 0 Å². The van der Waals surface area contributed by atoms with Crippen molar-refractivity contribution in [3.63, 3.8) is 0 Å². The lowest BCUT2D eigenvalue weighted by atomic mass is 9.72. The van der Waals surface area contributed by atoms with Crippen molar-refractivity contribution in [1.29, 1.82) is 0 Å². The smallest absolute Gasteiger partial charge is 0.370 e. The maximum absolute atomic E-state index is 13.1. The van der Waals surface area contributed by atoms with Gasteiger partial charge in [-0.15, -0.1) is 0 Å². The van der Waals surface area contributed by atoms with Gasteiger partial charge in [0.05, 0.1) is 6.54 Å². The van der Waals surface area contributed by atoms with Crippen LogP contribution in [0.3, 0.4) is 0 Å². The lowest BCUT2D eigenvalue weighted by Crippen LogP contribution is -2.60. The number of aromatic nitrogens is 1. The number of halogens is 5. The molecule has 3 aliphatic heterocycles. The molecular weight excluding hydrogens is 475 g/mol. The molecule has 4 nitrogen and oxygen atoms in total. The Hall–Kier alpha value is -2.65. The standard InChI is InChI=1S/C14H15F3N2.C13H16F2N2/c1-9-6-11-10-4-2-3-5-12(10)18-13(11)7-19(9)8-14(15,16)17;14-10-5-11(15)7-12(6-10)17-8-13(9-17)1-3-16-4-2-13/h2-5,9,18H,6-8H2,1H3;5-7,16H,1-4,8-9H2. The minimum Gasteiger partial charge on any atom is -0.370 e. The van der Waals surface area contributed by atoms with Gasteiger partial charge in [0.15, 0.2) is 0 Å². The molecule has 6 rings (SSSR count). The van der Waals surface area contributed by atoms with E-state index in [1.165, 1.54) is 35.4 Å². The minimum atomic E-state index is -4.14. The molecular formula is C27H31F5N4. The second-order valence-electron chi connectivity index (χ2n) is 10.4. The fourth-order valence-electron chi connectivity index (χ4n) is 5.79. The van der Waals surface area contributed by atoms with Gasteiger partial charge in [-0.2, -0.15) is 13.2 Å². The molecule has 3 aliphatic rings. The predicted octanol–water partition coefficient (Wildman–Crippen LogP) is 5.63. The molecule has 0 saturated carbocycles. The molecule has 1 unspecified atom stereocenters. The largest absolute Gasteiger partial charge is 0.401 e. The summed E-state index contributed by atoms with van der Waals surface area (Å²) in [5.41, 5.74) is 4.15. The molecule has 0 bridgehead atoms. The molecule has 194 valence electrons. The lowest BCUT2D eigenvalue weighted by molar-refractivity contribution is -0.152. The number of nitrogens with zero attached hydrogens (tertiary/aromatic N) is 2. The van der Waals surface area contributed by atoms with E-state index in [1.54, 1.807) is 0 Å². The number of alkyl halides is 3. The zero-order valence-corrected chi connectivity index (χ0v) is 20.3. The zero-order chi connectivity index (χ0) is 25.5. The molecule has 2 aromatic carbocycles. The van der Waals surface area contributed by atoms with Crippen LogP contribution in [0, 0.1) is 17.0 Å². The summed E-state index contributed by atoms with van der Waals surface area (Å²) in [5.74, 6) is -0.988. The first-order valence-corrected chi connectivity index (χ1v) is 12.4. The van der Waals surface area contributed by atoms with E-state index in [0.717, 1.165) is 48.8 Å². The average molecular weight is 507 g/mol. The summed E-state index contributed by atoms with van der Waals surface area (Å²) in [4.78, 5) is 6.79. The van der Waals surface area contributed by atoms with E-state index in [-0.39, 0.29) is 6.04 Å². The number of para-hydroxylation sites is 1. The van der Waals surface area contributed by atoms with Crippen LogP contribution >= 0.6 is 0 Å². The fourth-order valence-corrected chi connectivity index (χ4v) is 5.79. The highest BCUT2D eigenvalue weighted by Gasteiger charge is 2.43. The van der Waals surface area contributed by atoms with Crippen molar-refractivity contribution in [2.24, 2.45) is 5.41 Å². The topological polar surface area (TPSA) is 34.3 Å². The molecule has 1 spiro atoms. The molecule has 3 aromatic rings. The quantitative estimate of drug-likeness (QED) is 0.442. The van der Waals surface area contributed by atoms with Crippen LogP contribution in [-0.4, -0.2) is 54.8 Å². The molecule has 1 atom stereocenters. The summed E-state index contributed by atoms with van der Waals surface area (Å²) < 4.78 is 63.8. The van der Waals surface area contributed by atoms with Crippen LogP contribution in [0.4, 0.5) is 27.6 Å². The van der Waals surface area contributed by atoms with E-state index in [4.69, 9.17) is 0 Å². The van der Waals surface area contributed by atoms with Crippen LogP contribution in [-0.2, 0) is 13.0 Å². The number of fused-ring (bicyclic) bond motifs is 3. The first-order valence-electron chi connectivity index (χ1n) is 12.4. The third-order valence-corrected chi connectivity index (χ3v) is 7.70. The van der Waals surface area contributed by atoms with E-state index < -0.39 is 24.4 Å². The van der Waals surface area contributed by atoms with Gasteiger partial charge in [-0.05, 0) is 63.0 Å². The summed E-state index contributed by atoms with van der Waals surface area (Å²) in [5, 5.41) is 4.48. The summed E-state index contributed by atoms with van der Waals surface area (Å²) >= 11 is 0. The number of benzene rings is 2. The van der Waals surface area contributed by atoms with E-state index >= 15 is 0 Å². The van der Waals surface area contributed by atoms with Gasteiger partial charge in [0.25, 0.3) is 0 Å². The Bertz CT molecular complexity index is 1190. The zero-order valence-electron chi connectivity index (χ0n) is 20.3. The Balaban J connectivity index is 0.000000149. The molecule has 0 radical (unpaired) electrons. The first-order chi connectivity index (χ1) is 17.1.